The summed E-state index contributed by atoms with van der Waals surface area (Å²) in [5.74, 6) is 0.732. The molecule has 1 aliphatic rings. The predicted octanol–water partition coefficient (Wildman–Crippen LogP) is 2.97. The molecule has 5 heteroatoms. The molecule has 0 radical (unpaired) electrons. The summed E-state index contributed by atoms with van der Waals surface area (Å²) >= 11 is 12.2. The molecule has 1 aromatic carbocycles. The number of benzene rings is 1. The van der Waals surface area contributed by atoms with E-state index < -0.39 is 0 Å². The molecule has 3 nitrogen and oxygen atoms in total. The van der Waals surface area contributed by atoms with E-state index in [1.165, 1.54) is 25.9 Å². The summed E-state index contributed by atoms with van der Waals surface area (Å²) in [4.78, 5) is 2.41. The first kappa shape index (κ1) is 14.9. The van der Waals surface area contributed by atoms with Crippen molar-refractivity contribution < 1.29 is 4.74 Å². The van der Waals surface area contributed by atoms with Crippen molar-refractivity contribution in [3.63, 3.8) is 0 Å². The molecule has 0 amide bonds. The van der Waals surface area contributed by atoms with Crippen molar-refractivity contribution in [2.75, 3.05) is 32.8 Å². The maximum atomic E-state index is 6.20. The number of hydrogen-bond acceptors (Lipinski definition) is 3. The molecule has 0 unspecified atom stereocenters. The summed E-state index contributed by atoms with van der Waals surface area (Å²) in [6, 6.07) is 3.60. The average molecular weight is 303 g/mol. The number of halogens is 2. The Labute approximate surface area is 124 Å². The highest BCUT2D eigenvalue weighted by atomic mass is 35.5. The molecule has 1 aliphatic heterocycles. The highest BCUT2D eigenvalue weighted by Crippen LogP contribution is 2.32. The van der Waals surface area contributed by atoms with Crippen LogP contribution in [0.4, 0.5) is 0 Å². The highest BCUT2D eigenvalue weighted by Gasteiger charge is 2.13. The van der Waals surface area contributed by atoms with Gasteiger partial charge in [0, 0.05) is 11.6 Å². The second-order valence-electron chi connectivity index (χ2n) is 4.81. The van der Waals surface area contributed by atoms with Crippen LogP contribution in [-0.4, -0.2) is 37.7 Å². The van der Waals surface area contributed by atoms with Crippen LogP contribution >= 0.6 is 23.2 Å². The second kappa shape index (κ2) is 7.34. The van der Waals surface area contributed by atoms with E-state index in [1.54, 1.807) is 6.07 Å². The number of nitrogens with zero attached hydrogens (tertiary/aromatic N) is 1. The van der Waals surface area contributed by atoms with E-state index in [-0.39, 0.29) is 0 Å². The molecule has 2 rings (SSSR count). The van der Waals surface area contributed by atoms with Crippen molar-refractivity contribution in [3.8, 4) is 5.75 Å². The topological polar surface area (TPSA) is 38.5 Å². The molecule has 1 aromatic rings. The Balaban J connectivity index is 1.97. The molecule has 1 fully saturated rings. The first-order valence-corrected chi connectivity index (χ1v) is 7.49. The maximum Gasteiger partial charge on any atom is 0.141 e. The standard InChI is InChI=1S/C14H20Cl2N2O/c15-12-9-11(3-4-17)14(13(16)10-12)19-8-7-18-5-1-2-6-18/h9-10H,1-8,17H2. The molecule has 2 N–H and O–H groups in total. The Morgan fingerprint density at radius 3 is 2.63 bits per heavy atom. The lowest BCUT2D eigenvalue weighted by Crippen LogP contribution is -2.25. The van der Waals surface area contributed by atoms with E-state index in [0.29, 0.717) is 23.2 Å². The minimum Gasteiger partial charge on any atom is -0.490 e. The van der Waals surface area contributed by atoms with Gasteiger partial charge in [-0.25, -0.2) is 0 Å². The van der Waals surface area contributed by atoms with E-state index in [9.17, 15) is 0 Å². The van der Waals surface area contributed by atoms with Crippen LogP contribution in [0, 0.1) is 0 Å². The number of nitrogens with two attached hydrogens (primary N) is 1. The third-order valence-electron chi connectivity index (χ3n) is 3.35. The summed E-state index contributed by atoms with van der Waals surface area (Å²) < 4.78 is 5.85. The molecule has 19 heavy (non-hydrogen) atoms. The maximum absolute atomic E-state index is 6.20. The lowest BCUT2D eigenvalue weighted by molar-refractivity contribution is 0.236. The molecule has 0 aromatic heterocycles. The Kier molecular flexibility index (Phi) is 5.76. The second-order valence-corrected chi connectivity index (χ2v) is 5.66. The summed E-state index contributed by atoms with van der Waals surface area (Å²) in [7, 11) is 0. The zero-order valence-electron chi connectivity index (χ0n) is 11.0. The van der Waals surface area contributed by atoms with Gasteiger partial charge in [0.2, 0.25) is 0 Å². The van der Waals surface area contributed by atoms with Gasteiger partial charge in [-0.3, -0.25) is 4.90 Å². The van der Waals surface area contributed by atoms with Gasteiger partial charge in [0.25, 0.3) is 0 Å². The molecular formula is C14H20Cl2N2O. The molecule has 0 aliphatic carbocycles. The van der Waals surface area contributed by atoms with Gasteiger partial charge in [-0.2, -0.15) is 0 Å². The molecule has 0 atom stereocenters. The van der Waals surface area contributed by atoms with E-state index in [2.05, 4.69) is 4.90 Å². The average Bonchev–Trinajstić information content (AvgIpc) is 2.86. The lowest BCUT2D eigenvalue weighted by atomic mass is 10.1. The van der Waals surface area contributed by atoms with Crippen LogP contribution in [0.5, 0.6) is 5.75 Å². The first-order valence-electron chi connectivity index (χ1n) is 6.74. The molecule has 1 saturated heterocycles. The van der Waals surface area contributed by atoms with E-state index in [0.717, 1.165) is 24.3 Å². The van der Waals surface area contributed by atoms with Crippen LogP contribution in [0.3, 0.4) is 0 Å². The summed E-state index contributed by atoms with van der Waals surface area (Å²) in [6.07, 6.45) is 3.31. The zero-order chi connectivity index (χ0) is 13.7. The summed E-state index contributed by atoms with van der Waals surface area (Å²) in [5, 5.41) is 1.19. The van der Waals surface area contributed by atoms with Gasteiger partial charge in [0.15, 0.2) is 0 Å². The zero-order valence-corrected chi connectivity index (χ0v) is 12.5. The largest absolute Gasteiger partial charge is 0.490 e. The van der Waals surface area contributed by atoms with Crippen LogP contribution in [0.1, 0.15) is 18.4 Å². The quantitative estimate of drug-likeness (QED) is 0.878. The molecule has 0 saturated carbocycles. The minimum atomic E-state index is 0.555. The van der Waals surface area contributed by atoms with Crippen molar-refractivity contribution in [2.45, 2.75) is 19.3 Å². The predicted molar refractivity (Wildman–Crippen MR) is 80.4 cm³/mol. The van der Waals surface area contributed by atoms with Crippen LogP contribution in [-0.2, 0) is 6.42 Å². The normalized spacial score (nSPS) is 15.9. The van der Waals surface area contributed by atoms with Gasteiger partial charge in [0.1, 0.15) is 12.4 Å². The number of likely N-dealkylation sites (tertiary alicyclic amines) is 1. The Hall–Kier alpha value is -0.480. The number of ether oxygens (including phenoxy) is 1. The van der Waals surface area contributed by atoms with E-state index in [1.807, 2.05) is 6.07 Å². The van der Waals surface area contributed by atoms with Crippen LogP contribution in [0.15, 0.2) is 12.1 Å². The van der Waals surface area contributed by atoms with Crippen LogP contribution < -0.4 is 10.5 Å². The van der Waals surface area contributed by atoms with Gasteiger partial charge >= 0.3 is 0 Å². The van der Waals surface area contributed by atoms with Gasteiger partial charge < -0.3 is 10.5 Å². The smallest absolute Gasteiger partial charge is 0.141 e. The SMILES string of the molecule is NCCc1cc(Cl)cc(Cl)c1OCCN1CCCC1. The van der Waals surface area contributed by atoms with Gasteiger partial charge in [-0.1, -0.05) is 23.2 Å². The fraction of sp³-hybridized carbons (Fsp3) is 0.571. The Bertz CT molecular complexity index is 420. The highest BCUT2D eigenvalue weighted by molar-refractivity contribution is 6.35. The van der Waals surface area contributed by atoms with E-state index in [4.69, 9.17) is 33.7 Å². The molecule has 106 valence electrons. The van der Waals surface area contributed by atoms with Crippen molar-refractivity contribution >= 4 is 23.2 Å². The van der Waals surface area contributed by atoms with Crippen molar-refractivity contribution in [2.24, 2.45) is 5.73 Å². The molecule has 0 spiro atoms. The lowest BCUT2D eigenvalue weighted by Gasteiger charge is -2.17. The van der Waals surface area contributed by atoms with Crippen molar-refractivity contribution in [1.82, 2.24) is 4.90 Å². The number of rotatable bonds is 6. The fourth-order valence-corrected chi connectivity index (χ4v) is 2.99. The third kappa shape index (κ3) is 4.25. The Morgan fingerprint density at radius 2 is 1.95 bits per heavy atom. The van der Waals surface area contributed by atoms with Gasteiger partial charge in [-0.05, 0) is 56.6 Å². The first-order chi connectivity index (χ1) is 9.20. The Morgan fingerprint density at radius 1 is 1.21 bits per heavy atom. The van der Waals surface area contributed by atoms with Crippen LogP contribution in [0.25, 0.3) is 0 Å². The van der Waals surface area contributed by atoms with Crippen molar-refractivity contribution in [3.05, 3.63) is 27.7 Å². The molecule has 0 bridgehead atoms. The summed E-state index contributed by atoms with van der Waals surface area (Å²) in [6.45, 7) is 4.50. The van der Waals surface area contributed by atoms with Crippen molar-refractivity contribution in [1.29, 1.82) is 0 Å². The monoisotopic (exact) mass is 302 g/mol. The molecular weight excluding hydrogens is 283 g/mol. The van der Waals surface area contributed by atoms with E-state index >= 15 is 0 Å². The molecule has 1 heterocycles. The van der Waals surface area contributed by atoms with Gasteiger partial charge in [-0.15, -0.1) is 0 Å². The third-order valence-corrected chi connectivity index (χ3v) is 3.85. The minimum absolute atomic E-state index is 0.555. The van der Waals surface area contributed by atoms with Crippen LogP contribution in [0.2, 0.25) is 10.0 Å². The van der Waals surface area contributed by atoms with Gasteiger partial charge in [0.05, 0.1) is 5.02 Å². The number of hydrogen-bond donors (Lipinski definition) is 1. The fourth-order valence-electron chi connectivity index (χ4n) is 2.40. The summed E-state index contributed by atoms with van der Waals surface area (Å²) in [5.41, 5.74) is 6.60.